The van der Waals surface area contributed by atoms with Gasteiger partial charge in [-0.3, -0.25) is 14.5 Å². The van der Waals surface area contributed by atoms with Crippen molar-refractivity contribution in [3.63, 3.8) is 0 Å². The molecule has 0 bridgehead atoms. The lowest BCUT2D eigenvalue weighted by molar-refractivity contribution is -0.124. The Labute approximate surface area is 110 Å². The van der Waals surface area contributed by atoms with Crippen molar-refractivity contribution in [2.24, 2.45) is 0 Å². The lowest BCUT2D eigenvalue weighted by Crippen LogP contribution is -2.33. The van der Waals surface area contributed by atoms with E-state index in [0.717, 1.165) is 16.7 Å². The fourth-order valence-corrected chi connectivity index (χ4v) is 2.55. The number of imide groups is 1. The lowest BCUT2D eigenvalue weighted by Gasteiger charge is -2.15. The van der Waals surface area contributed by atoms with Gasteiger partial charge in [-0.1, -0.05) is 11.8 Å². The van der Waals surface area contributed by atoms with Crippen LogP contribution in [0.25, 0.3) is 0 Å². The fraction of sp³-hybridized carbons (Fsp3) is 0.200. The minimum absolute atomic E-state index is 0.0922. The summed E-state index contributed by atoms with van der Waals surface area (Å²) in [6, 6.07) is 4.15. The maximum atomic E-state index is 12.8. The Bertz CT molecular complexity index is 467. The number of nitrogens with one attached hydrogen (secondary N) is 1. The van der Waals surface area contributed by atoms with Gasteiger partial charge in [0, 0.05) is 4.47 Å². The third-order valence-corrected chi connectivity index (χ3v) is 3.71. The summed E-state index contributed by atoms with van der Waals surface area (Å²) in [6.45, 7) is 0.0922. The third-order valence-electron chi connectivity index (χ3n) is 2.20. The highest BCUT2D eigenvalue weighted by molar-refractivity contribution is 9.10. The van der Waals surface area contributed by atoms with Gasteiger partial charge < -0.3 is 5.32 Å². The minimum atomic E-state index is -0.355. The first-order valence-electron chi connectivity index (χ1n) is 4.74. The fourth-order valence-electron chi connectivity index (χ4n) is 1.33. The van der Waals surface area contributed by atoms with E-state index < -0.39 is 0 Å². The zero-order valence-electron chi connectivity index (χ0n) is 8.57. The summed E-state index contributed by atoms with van der Waals surface area (Å²) in [6.07, 6.45) is 0. The monoisotopic (exact) mass is 318 g/mol. The van der Waals surface area contributed by atoms with Crippen LogP contribution in [-0.4, -0.2) is 28.5 Å². The van der Waals surface area contributed by atoms with Crippen molar-refractivity contribution in [3.8, 4) is 0 Å². The molecule has 1 heterocycles. The van der Waals surface area contributed by atoms with E-state index in [-0.39, 0.29) is 29.4 Å². The van der Waals surface area contributed by atoms with Crippen molar-refractivity contribution in [2.45, 2.75) is 0 Å². The predicted octanol–water partition coefficient (Wildman–Crippen LogP) is 2.65. The van der Waals surface area contributed by atoms with E-state index in [4.69, 9.17) is 0 Å². The summed E-state index contributed by atoms with van der Waals surface area (Å²) in [4.78, 5) is 23.7. The second-order valence-electron chi connectivity index (χ2n) is 3.34. The molecule has 1 aromatic carbocycles. The van der Waals surface area contributed by atoms with E-state index in [9.17, 15) is 14.0 Å². The summed E-state index contributed by atoms with van der Waals surface area (Å²) >= 11 is 4.17. The van der Waals surface area contributed by atoms with E-state index in [1.807, 2.05) is 0 Å². The van der Waals surface area contributed by atoms with Crippen molar-refractivity contribution in [1.82, 2.24) is 4.90 Å². The number of carbonyl (C=O) groups excluding carboxylic acids is 2. The molecule has 7 heteroatoms. The average molecular weight is 319 g/mol. The van der Waals surface area contributed by atoms with E-state index in [1.54, 1.807) is 0 Å². The van der Waals surface area contributed by atoms with Crippen LogP contribution in [0.2, 0.25) is 0 Å². The van der Waals surface area contributed by atoms with Gasteiger partial charge in [-0.15, -0.1) is 0 Å². The Kier molecular flexibility index (Phi) is 3.68. The molecule has 2 rings (SSSR count). The highest BCUT2D eigenvalue weighted by atomic mass is 79.9. The second-order valence-corrected chi connectivity index (χ2v) is 5.12. The normalized spacial score (nSPS) is 15.5. The number of carbonyl (C=O) groups is 2. The second kappa shape index (κ2) is 5.05. The number of anilines is 1. The molecule has 0 radical (unpaired) electrons. The highest BCUT2D eigenvalue weighted by Crippen LogP contribution is 2.24. The maximum absolute atomic E-state index is 12.8. The van der Waals surface area contributed by atoms with Crippen LogP contribution >= 0.6 is 27.7 Å². The molecule has 0 unspecified atom stereocenters. The van der Waals surface area contributed by atoms with Crippen LogP contribution < -0.4 is 5.32 Å². The quantitative estimate of drug-likeness (QED) is 0.930. The van der Waals surface area contributed by atoms with Crippen LogP contribution in [0.3, 0.4) is 0 Å². The van der Waals surface area contributed by atoms with Gasteiger partial charge in [0.2, 0.25) is 5.91 Å². The van der Waals surface area contributed by atoms with Crippen molar-refractivity contribution in [2.75, 3.05) is 17.7 Å². The number of benzene rings is 1. The molecule has 1 saturated heterocycles. The molecule has 1 fully saturated rings. The van der Waals surface area contributed by atoms with E-state index in [2.05, 4.69) is 21.2 Å². The largest absolute Gasteiger partial charge is 0.366 e. The predicted molar refractivity (Wildman–Crippen MR) is 67.3 cm³/mol. The van der Waals surface area contributed by atoms with Gasteiger partial charge in [-0.2, -0.15) is 0 Å². The SMILES string of the molecule is O=C1CSC(=O)N1CNc1ccc(F)cc1Br. The number of rotatable bonds is 3. The first kappa shape index (κ1) is 12.4. The topological polar surface area (TPSA) is 49.4 Å². The first-order chi connectivity index (χ1) is 8.08. The number of halogens is 2. The Hall–Kier alpha value is -1.08. The maximum Gasteiger partial charge on any atom is 0.290 e. The summed E-state index contributed by atoms with van der Waals surface area (Å²) < 4.78 is 13.4. The van der Waals surface area contributed by atoms with Crippen molar-refractivity contribution >= 4 is 44.5 Å². The molecule has 0 aliphatic carbocycles. The first-order valence-corrected chi connectivity index (χ1v) is 6.52. The molecule has 90 valence electrons. The molecule has 4 nitrogen and oxygen atoms in total. The molecule has 1 aromatic rings. The van der Waals surface area contributed by atoms with Gasteiger partial charge in [0.05, 0.1) is 18.1 Å². The molecule has 0 saturated carbocycles. The van der Waals surface area contributed by atoms with Crippen LogP contribution in [0.4, 0.5) is 14.9 Å². The molecular weight excluding hydrogens is 311 g/mol. The molecule has 0 aromatic heterocycles. The Morgan fingerprint density at radius 2 is 2.24 bits per heavy atom. The summed E-state index contributed by atoms with van der Waals surface area (Å²) in [5.74, 6) is -0.387. The number of amides is 2. The minimum Gasteiger partial charge on any atom is -0.366 e. The van der Waals surface area contributed by atoms with Gasteiger partial charge in [0.1, 0.15) is 5.82 Å². The van der Waals surface area contributed by atoms with Gasteiger partial charge >= 0.3 is 0 Å². The van der Waals surface area contributed by atoms with Crippen molar-refractivity contribution < 1.29 is 14.0 Å². The molecule has 1 aliphatic rings. The van der Waals surface area contributed by atoms with Crippen LogP contribution in [0.1, 0.15) is 0 Å². The number of thioether (sulfide) groups is 1. The van der Waals surface area contributed by atoms with Gasteiger partial charge in [-0.05, 0) is 34.1 Å². The Balaban J connectivity index is 2.02. The molecule has 1 N–H and O–H groups in total. The van der Waals surface area contributed by atoms with Gasteiger partial charge in [0.25, 0.3) is 5.24 Å². The lowest BCUT2D eigenvalue weighted by atomic mass is 10.3. The molecule has 17 heavy (non-hydrogen) atoms. The summed E-state index contributed by atoms with van der Waals surface area (Å²) in [5.41, 5.74) is 0.629. The molecule has 1 aliphatic heterocycles. The number of nitrogens with zero attached hydrogens (tertiary/aromatic N) is 1. The Morgan fingerprint density at radius 3 is 2.82 bits per heavy atom. The molecule has 0 spiro atoms. The summed E-state index contributed by atoms with van der Waals surface area (Å²) in [5, 5.41) is 2.64. The van der Waals surface area contributed by atoms with Crippen molar-refractivity contribution in [3.05, 3.63) is 28.5 Å². The third kappa shape index (κ3) is 2.78. The van der Waals surface area contributed by atoms with Crippen molar-refractivity contribution in [1.29, 1.82) is 0 Å². The Morgan fingerprint density at radius 1 is 1.47 bits per heavy atom. The molecule has 0 atom stereocenters. The van der Waals surface area contributed by atoms with E-state index in [1.165, 1.54) is 18.2 Å². The zero-order chi connectivity index (χ0) is 12.4. The zero-order valence-corrected chi connectivity index (χ0v) is 11.0. The van der Waals surface area contributed by atoms with E-state index in [0.29, 0.717) is 10.2 Å². The number of hydrogen-bond donors (Lipinski definition) is 1. The van der Waals surface area contributed by atoms with Gasteiger partial charge in [0.15, 0.2) is 0 Å². The van der Waals surface area contributed by atoms with Crippen LogP contribution in [0, 0.1) is 5.82 Å². The van der Waals surface area contributed by atoms with Crippen LogP contribution in [0.5, 0.6) is 0 Å². The van der Waals surface area contributed by atoms with Crippen LogP contribution in [0.15, 0.2) is 22.7 Å². The standard InChI is InChI=1S/C10H8BrFN2O2S/c11-7-3-6(12)1-2-8(7)13-5-14-9(15)4-17-10(14)16/h1-3,13H,4-5H2. The number of hydrogen-bond acceptors (Lipinski definition) is 4. The molecule has 2 amide bonds. The average Bonchev–Trinajstić information content (AvgIpc) is 2.58. The van der Waals surface area contributed by atoms with Crippen LogP contribution in [-0.2, 0) is 4.79 Å². The summed E-state index contributed by atoms with van der Waals surface area (Å²) in [7, 11) is 0. The smallest absolute Gasteiger partial charge is 0.290 e. The van der Waals surface area contributed by atoms with Gasteiger partial charge in [-0.25, -0.2) is 4.39 Å². The molecular formula is C10H8BrFN2O2S. The highest BCUT2D eigenvalue weighted by Gasteiger charge is 2.29. The van der Waals surface area contributed by atoms with E-state index >= 15 is 0 Å².